The molecule has 0 aromatic carbocycles. The van der Waals surface area contributed by atoms with Crippen LogP contribution in [0.3, 0.4) is 0 Å². The second kappa shape index (κ2) is 5.90. The third-order valence-corrected chi connectivity index (χ3v) is 3.12. The van der Waals surface area contributed by atoms with E-state index in [1.807, 2.05) is 30.7 Å². The zero-order chi connectivity index (χ0) is 13.8. The molecule has 2 aromatic rings. The monoisotopic (exact) mass is 264 g/mol. The molecule has 104 valence electrons. The Morgan fingerprint density at radius 3 is 2.79 bits per heavy atom. The van der Waals surface area contributed by atoms with Crippen LogP contribution in [0.4, 0.5) is 0 Å². The normalized spacial score (nSPS) is 12.6. The van der Waals surface area contributed by atoms with Crippen LogP contribution in [0.2, 0.25) is 0 Å². The lowest BCUT2D eigenvalue weighted by Gasteiger charge is -2.16. The van der Waals surface area contributed by atoms with Gasteiger partial charge in [-0.1, -0.05) is 6.92 Å². The van der Waals surface area contributed by atoms with Crippen LogP contribution in [0.1, 0.15) is 37.1 Å². The van der Waals surface area contributed by atoms with Gasteiger partial charge in [0.15, 0.2) is 5.75 Å². The molecule has 1 atom stereocenters. The lowest BCUT2D eigenvalue weighted by atomic mass is 10.1. The molecule has 2 heterocycles. The molecule has 19 heavy (non-hydrogen) atoms. The number of nitrogens with two attached hydrogens (primary N) is 1. The average Bonchev–Trinajstić information content (AvgIpc) is 3.06. The summed E-state index contributed by atoms with van der Waals surface area (Å²) in [6.07, 6.45) is 2.54. The molecule has 0 spiro atoms. The highest BCUT2D eigenvalue weighted by Crippen LogP contribution is 2.30. The Balaban J connectivity index is 2.43. The number of aryl methyl sites for hydroxylation is 2. The number of nitrogens with one attached hydrogen (secondary N) is 1. The summed E-state index contributed by atoms with van der Waals surface area (Å²) in [5.74, 6) is 8.07. The Morgan fingerprint density at radius 2 is 2.26 bits per heavy atom. The van der Waals surface area contributed by atoms with E-state index in [2.05, 4.69) is 10.5 Å². The zero-order valence-electron chi connectivity index (χ0n) is 11.5. The lowest BCUT2D eigenvalue weighted by Crippen LogP contribution is -2.30. The highest BCUT2D eigenvalue weighted by atomic mass is 16.5. The molecule has 2 aromatic heterocycles. The number of nitrogens with zero attached hydrogens (tertiary/aromatic N) is 2. The smallest absolute Gasteiger partial charge is 0.162 e. The minimum Gasteiger partial charge on any atom is -0.493 e. The van der Waals surface area contributed by atoms with Crippen molar-refractivity contribution in [2.24, 2.45) is 5.84 Å². The molecule has 0 saturated carbocycles. The van der Waals surface area contributed by atoms with Crippen LogP contribution in [0.5, 0.6) is 5.75 Å². The third-order valence-electron chi connectivity index (χ3n) is 3.12. The van der Waals surface area contributed by atoms with Gasteiger partial charge in [0.1, 0.15) is 23.3 Å². The van der Waals surface area contributed by atoms with E-state index in [9.17, 15) is 0 Å². The van der Waals surface area contributed by atoms with Gasteiger partial charge < -0.3 is 9.15 Å². The first-order chi connectivity index (χ1) is 9.24. The van der Waals surface area contributed by atoms with Gasteiger partial charge in [0.2, 0.25) is 0 Å². The quantitative estimate of drug-likeness (QED) is 0.612. The van der Waals surface area contributed by atoms with Crippen molar-refractivity contribution in [1.29, 1.82) is 0 Å². The van der Waals surface area contributed by atoms with E-state index in [4.69, 9.17) is 15.0 Å². The van der Waals surface area contributed by atoms with E-state index >= 15 is 0 Å². The number of rotatable bonds is 6. The molecule has 0 radical (unpaired) electrons. The third kappa shape index (κ3) is 2.50. The van der Waals surface area contributed by atoms with Crippen molar-refractivity contribution in [2.45, 2.75) is 32.9 Å². The number of ether oxygens (including phenoxy) is 1. The van der Waals surface area contributed by atoms with Crippen LogP contribution in [-0.2, 0) is 13.0 Å². The average molecular weight is 264 g/mol. The molecule has 0 aliphatic rings. The van der Waals surface area contributed by atoms with E-state index < -0.39 is 0 Å². The van der Waals surface area contributed by atoms with E-state index in [0.717, 1.165) is 30.2 Å². The number of hydrazine groups is 1. The molecule has 0 bridgehead atoms. The van der Waals surface area contributed by atoms with Crippen molar-refractivity contribution >= 4 is 0 Å². The topological polar surface area (TPSA) is 78.2 Å². The molecule has 0 saturated heterocycles. The Bertz CT molecular complexity index is 511. The fraction of sp³-hybridized carbons (Fsp3) is 0.462. The van der Waals surface area contributed by atoms with E-state index in [1.165, 1.54) is 0 Å². The van der Waals surface area contributed by atoms with E-state index in [0.29, 0.717) is 5.75 Å². The first-order valence-corrected chi connectivity index (χ1v) is 6.39. The van der Waals surface area contributed by atoms with Gasteiger partial charge in [-0.2, -0.15) is 5.10 Å². The van der Waals surface area contributed by atoms with Gasteiger partial charge in [-0.15, -0.1) is 0 Å². The minimum atomic E-state index is -0.280. The highest BCUT2D eigenvalue weighted by Gasteiger charge is 2.24. The van der Waals surface area contributed by atoms with Crippen LogP contribution in [0.15, 0.2) is 22.7 Å². The van der Waals surface area contributed by atoms with Crippen LogP contribution in [0, 0.1) is 0 Å². The number of hydrogen-bond donors (Lipinski definition) is 2. The summed E-state index contributed by atoms with van der Waals surface area (Å²) in [5, 5.41) is 4.28. The SMILES string of the molecule is CCc1ccc(C(NN)c2c(OC)cnn2CC)o1. The van der Waals surface area contributed by atoms with Crippen molar-refractivity contribution in [2.75, 3.05) is 7.11 Å². The van der Waals surface area contributed by atoms with Gasteiger partial charge in [-0.05, 0) is 19.1 Å². The fourth-order valence-electron chi connectivity index (χ4n) is 2.11. The van der Waals surface area contributed by atoms with Crippen LogP contribution >= 0.6 is 0 Å². The van der Waals surface area contributed by atoms with Crippen LogP contribution < -0.4 is 16.0 Å². The van der Waals surface area contributed by atoms with E-state index in [-0.39, 0.29) is 6.04 Å². The van der Waals surface area contributed by atoms with Gasteiger partial charge in [-0.25, -0.2) is 5.43 Å². The highest BCUT2D eigenvalue weighted by molar-refractivity contribution is 5.33. The van der Waals surface area contributed by atoms with Gasteiger partial charge in [0, 0.05) is 13.0 Å². The summed E-state index contributed by atoms with van der Waals surface area (Å²) < 4.78 is 13.0. The number of furan rings is 1. The Morgan fingerprint density at radius 1 is 1.47 bits per heavy atom. The summed E-state index contributed by atoms with van der Waals surface area (Å²) in [4.78, 5) is 0. The fourth-order valence-corrected chi connectivity index (χ4v) is 2.11. The van der Waals surface area contributed by atoms with E-state index in [1.54, 1.807) is 13.3 Å². The summed E-state index contributed by atoms with van der Waals surface area (Å²) in [5.41, 5.74) is 3.64. The van der Waals surface area contributed by atoms with Crippen molar-refractivity contribution in [1.82, 2.24) is 15.2 Å². The summed E-state index contributed by atoms with van der Waals surface area (Å²) in [6, 6.07) is 3.60. The molecule has 3 N–H and O–H groups in total. The second-order valence-electron chi connectivity index (χ2n) is 4.17. The maximum absolute atomic E-state index is 5.77. The standard InChI is InChI=1S/C13H20N4O2/c1-4-9-6-7-10(19-9)12(16-14)13-11(18-3)8-15-17(13)5-2/h6-8,12,16H,4-5,14H2,1-3H3. The predicted octanol–water partition coefficient (Wildman–Crippen LogP) is 1.62. The van der Waals surface area contributed by atoms with Gasteiger partial charge in [0.25, 0.3) is 0 Å². The van der Waals surface area contributed by atoms with Crippen molar-refractivity contribution in [3.63, 3.8) is 0 Å². The molecular weight excluding hydrogens is 244 g/mol. The van der Waals surface area contributed by atoms with Crippen LogP contribution in [0.25, 0.3) is 0 Å². The Kier molecular flexibility index (Phi) is 4.24. The number of hydrogen-bond acceptors (Lipinski definition) is 5. The summed E-state index contributed by atoms with van der Waals surface area (Å²) >= 11 is 0. The molecule has 0 aliphatic heterocycles. The van der Waals surface area contributed by atoms with Crippen molar-refractivity contribution < 1.29 is 9.15 Å². The van der Waals surface area contributed by atoms with Gasteiger partial charge in [0.05, 0.1) is 13.3 Å². The molecule has 6 nitrogen and oxygen atoms in total. The minimum absolute atomic E-state index is 0.280. The van der Waals surface area contributed by atoms with Crippen molar-refractivity contribution in [3.8, 4) is 5.75 Å². The number of aromatic nitrogens is 2. The Labute approximate surface area is 112 Å². The largest absolute Gasteiger partial charge is 0.493 e. The lowest BCUT2D eigenvalue weighted by molar-refractivity contribution is 0.378. The maximum Gasteiger partial charge on any atom is 0.162 e. The molecule has 6 heteroatoms. The molecule has 2 rings (SSSR count). The zero-order valence-corrected chi connectivity index (χ0v) is 11.5. The first-order valence-electron chi connectivity index (χ1n) is 6.39. The molecule has 0 amide bonds. The second-order valence-corrected chi connectivity index (χ2v) is 4.17. The molecule has 0 fully saturated rings. The molecule has 0 aliphatic carbocycles. The molecular formula is C13H20N4O2. The van der Waals surface area contributed by atoms with Crippen LogP contribution in [-0.4, -0.2) is 16.9 Å². The first kappa shape index (κ1) is 13.6. The number of methoxy groups -OCH3 is 1. The summed E-state index contributed by atoms with van der Waals surface area (Å²) in [6.45, 7) is 4.80. The molecule has 1 unspecified atom stereocenters. The van der Waals surface area contributed by atoms with Crippen molar-refractivity contribution in [3.05, 3.63) is 35.5 Å². The predicted molar refractivity (Wildman–Crippen MR) is 71.7 cm³/mol. The van der Waals surface area contributed by atoms with Gasteiger partial charge >= 0.3 is 0 Å². The summed E-state index contributed by atoms with van der Waals surface area (Å²) in [7, 11) is 1.62. The maximum atomic E-state index is 5.77. The van der Waals surface area contributed by atoms with Gasteiger partial charge in [-0.3, -0.25) is 10.5 Å². The Hall–Kier alpha value is -1.79.